The average Bonchev–Trinajstić information content (AvgIpc) is 2.71. The summed E-state index contributed by atoms with van der Waals surface area (Å²) in [5.41, 5.74) is 0. The number of hydrogen-bond donors (Lipinski definition) is 2. The fourth-order valence-electron chi connectivity index (χ4n) is 2.39. The molecule has 2 aliphatic rings. The number of aliphatic hydroxyl groups is 2. The van der Waals surface area contributed by atoms with Gasteiger partial charge in [0.25, 0.3) is 0 Å². The molecule has 0 spiro atoms. The Bertz CT molecular complexity index is 237. The van der Waals surface area contributed by atoms with Crippen LogP contribution in [0.2, 0.25) is 6.04 Å². The third-order valence-electron chi connectivity index (χ3n) is 3.20. The molecule has 2 fully saturated rings. The minimum absolute atomic E-state index is 0.0782. The van der Waals surface area contributed by atoms with Gasteiger partial charge in [0.15, 0.2) is 0 Å². The van der Waals surface area contributed by atoms with Gasteiger partial charge in [-0.1, -0.05) is 0 Å². The Labute approximate surface area is 96.7 Å². The molecule has 6 heteroatoms. The maximum Gasteiger partial charge on any atom is 0.502 e. The molecular formula is C10H20O5Si. The lowest BCUT2D eigenvalue weighted by atomic mass is 10.1. The van der Waals surface area contributed by atoms with E-state index in [0.717, 1.165) is 12.5 Å². The number of fused-ring (bicyclic) bond motifs is 2. The first-order chi connectivity index (χ1) is 7.56. The molecule has 3 unspecified atom stereocenters. The van der Waals surface area contributed by atoms with Gasteiger partial charge in [0.1, 0.15) is 0 Å². The summed E-state index contributed by atoms with van der Waals surface area (Å²) in [4.78, 5) is 0. The van der Waals surface area contributed by atoms with Crippen LogP contribution in [0.3, 0.4) is 0 Å². The zero-order chi connectivity index (χ0) is 11.8. The second-order valence-electron chi connectivity index (χ2n) is 4.64. The molecule has 16 heavy (non-hydrogen) atoms. The highest BCUT2D eigenvalue weighted by molar-refractivity contribution is 6.62. The van der Waals surface area contributed by atoms with Crippen LogP contribution in [0.4, 0.5) is 0 Å². The third-order valence-corrected chi connectivity index (χ3v) is 6.26. The molecule has 0 radical (unpaired) electrons. The first-order valence-corrected chi connectivity index (χ1v) is 7.82. The van der Waals surface area contributed by atoms with Gasteiger partial charge in [0.05, 0.1) is 31.0 Å². The predicted octanol–water partition coefficient (Wildman–Crippen LogP) is 0.281. The van der Waals surface area contributed by atoms with Gasteiger partial charge in [0.2, 0.25) is 0 Å². The van der Waals surface area contributed by atoms with Gasteiger partial charge >= 0.3 is 8.80 Å². The predicted molar refractivity (Wildman–Crippen MR) is 58.9 cm³/mol. The molecule has 0 saturated carbocycles. The lowest BCUT2D eigenvalue weighted by Gasteiger charge is -2.26. The lowest BCUT2D eigenvalue weighted by molar-refractivity contribution is 0.0397. The summed E-state index contributed by atoms with van der Waals surface area (Å²) in [6, 6.07) is 0.731. The van der Waals surface area contributed by atoms with E-state index in [9.17, 15) is 5.11 Å². The van der Waals surface area contributed by atoms with Crippen LogP contribution in [0, 0.1) is 0 Å². The molecule has 0 aromatic rings. The molecule has 0 amide bonds. The normalized spacial score (nSPS) is 43.9. The van der Waals surface area contributed by atoms with Crippen molar-refractivity contribution in [3.8, 4) is 0 Å². The molecule has 2 rings (SSSR count). The van der Waals surface area contributed by atoms with E-state index in [-0.39, 0.29) is 24.9 Å². The van der Waals surface area contributed by atoms with Crippen LogP contribution in [0.15, 0.2) is 0 Å². The highest BCUT2D eigenvalue weighted by Gasteiger charge is 2.60. The summed E-state index contributed by atoms with van der Waals surface area (Å²) in [6.07, 6.45) is 1.01. The molecule has 0 aromatic heterocycles. The zero-order valence-corrected chi connectivity index (χ0v) is 10.8. The standard InChI is InChI=1S/C10H20O5Si/c1-7-10-8(2)14-16(13-7,15-10)5-3-4-9(12)6-11/h7-12H,3-6H2,1-2H3. The molecule has 94 valence electrons. The highest BCUT2D eigenvalue weighted by atomic mass is 28.4. The van der Waals surface area contributed by atoms with E-state index in [4.69, 9.17) is 18.4 Å². The Morgan fingerprint density at radius 2 is 1.81 bits per heavy atom. The van der Waals surface area contributed by atoms with E-state index in [2.05, 4.69) is 0 Å². The molecule has 2 N–H and O–H groups in total. The first-order valence-electron chi connectivity index (χ1n) is 5.89. The van der Waals surface area contributed by atoms with Crippen molar-refractivity contribution in [3.63, 3.8) is 0 Å². The van der Waals surface area contributed by atoms with E-state index in [1.54, 1.807) is 0 Å². The van der Waals surface area contributed by atoms with Crippen LogP contribution >= 0.6 is 0 Å². The smallest absolute Gasteiger partial charge is 0.394 e. The Morgan fingerprint density at radius 3 is 2.31 bits per heavy atom. The maximum absolute atomic E-state index is 9.25. The molecule has 2 aliphatic heterocycles. The summed E-state index contributed by atoms with van der Waals surface area (Å²) >= 11 is 0. The zero-order valence-electron chi connectivity index (χ0n) is 9.76. The molecule has 0 aliphatic carbocycles. The summed E-state index contributed by atoms with van der Waals surface area (Å²) in [5.74, 6) is 0. The van der Waals surface area contributed by atoms with E-state index in [0.29, 0.717) is 6.42 Å². The number of aliphatic hydroxyl groups excluding tert-OH is 2. The molecule has 2 heterocycles. The van der Waals surface area contributed by atoms with Crippen molar-refractivity contribution in [2.45, 2.75) is 57.1 Å². The van der Waals surface area contributed by atoms with Crippen LogP contribution in [-0.2, 0) is 13.3 Å². The quantitative estimate of drug-likeness (QED) is 0.684. The third kappa shape index (κ3) is 2.32. The van der Waals surface area contributed by atoms with E-state index in [1.165, 1.54) is 0 Å². The average molecular weight is 248 g/mol. The summed E-state index contributed by atoms with van der Waals surface area (Å²) in [5, 5.41) is 18.0. The molecule has 2 saturated heterocycles. The summed E-state index contributed by atoms with van der Waals surface area (Å²) in [6.45, 7) is 3.84. The maximum atomic E-state index is 9.25. The fraction of sp³-hybridized carbons (Fsp3) is 1.00. The first kappa shape index (κ1) is 12.5. The second-order valence-corrected chi connectivity index (χ2v) is 7.21. The second kappa shape index (κ2) is 4.71. The van der Waals surface area contributed by atoms with Crippen LogP contribution in [0.25, 0.3) is 0 Å². The number of rotatable bonds is 5. The Kier molecular flexibility index (Phi) is 3.68. The monoisotopic (exact) mass is 248 g/mol. The minimum atomic E-state index is -2.43. The van der Waals surface area contributed by atoms with Crippen LogP contribution < -0.4 is 0 Å². The SMILES string of the molecule is CC1O[Si]2(CCCC(O)CO)OC(C)C1O2. The van der Waals surface area contributed by atoms with Gasteiger partial charge in [0, 0.05) is 6.04 Å². The molecule has 0 aromatic carbocycles. The van der Waals surface area contributed by atoms with Crippen molar-refractivity contribution in [3.05, 3.63) is 0 Å². The molecule has 5 nitrogen and oxygen atoms in total. The van der Waals surface area contributed by atoms with Gasteiger partial charge in [-0.3, -0.25) is 0 Å². The Morgan fingerprint density at radius 1 is 1.19 bits per heavy atom. The fourth-order valence-corrected chi connectivity index (χ4v) is 5.74. The van der Waals surface area contributed by atoms with E-state index in [1.807, 2.05) is 13.8 Å². The van der Waals surface area contributed by atoms with Crippen LogP contribution in [0.1, 0.15) is 26.7 Å². The van der Waals surface area contributed by atoms with Gasteiger partial charge < -0.3 is 23.5 Å². The highest BCUT2D eigenvalue weighted by Crippen LogP contribution is 2.40. The topological polar surface area (TPSA) is 68.2 Å². The molecule has 3 atom stereocenters. The van der Waals surface area contributed by atoms with E-state index < -0.39 is 14.9 Å². The van der Waals surface area contributed by atoms with E-state index >= 15 is 0 Å². The number of hydrogen-bond acceptors (Lipinski definition) is 5. The Balaban J connectivity index is 1.81. The molecule has 2 bridgehead atoms. The lowest BCUT2D eigenvalue weighted by Crippen LogP contribution is -2.44. The largest absolute Gasteiger partial charge is 0.502 e. The van der Waals surface area contributed by atoms with Gasteiger partial charge in [-0.15, -0.1) is 0 Å². The van der Waals surface area contributed by atoms with Gasteiger partial charge in [-0.25, -0.2) is 0 Å². The Hall–Kier alpha value is 0.0169. The summed E-state index contributed by atoms with van der Waals surface area (Å²) in [7, 11) is -2.43. The van der Waals surface area contributed by atoms with Crippen LogP contribution in [0.5, 0.6) is 0 Å². The van der Waals surface area contributed by atoms with Crippen molar-refractivity contribution in [1.29, 1.82) is 0 Å². The van der Waals surface area contributed by atoms with Crippen LogP contribution in [-0.4, -0.2) is 50.0 Å². The van der Waals surface area contributed by atoms with Crippen molar-refractivity contribution in [1.82, 2.24) is 0 Å². The van der Waals surface area contributed by atoms with Gasteiger partial charge in [-0.2, -0.15) is 0 Å². The van der Waals surface area contributed by atoms with Crippen molar-refractivity contribution in [2.75, 3.05) is 6.61 Å². The molecular weight excluding hydrogens is 228 g/mol. The summed E-state index contributed by atoms with van der Waals surface area (Å²) < 4.78 is 17.4. The van der Waals surface area contributed by atoms with Crippen molar-refractivity contribution >= 4 is 8.80 Å². The van der Waals surface area contributed by atoms with Crippen molar-refractivity contribution < 1.29 is 23.5 Å². The minimum Gasteiger partial charge on any atom is -0.394 e. The van der Waals surface area contributed by atoms with Gasteiger partial charge in [-0.05, 0) is 26.7 Å². The van der Waals surface area contributed by atoms with Crippen molar-refractivity contribution in [2.24, 2.45) is 0 Å².